The fourth-order valence-electron chi connectivity index (χ4n) is 4.26. The van der Waals surface area contributed by atoms with Crippen LogP contribution in [0.15, 0.2) is 72.3 Å². The number of imidazole rings is 1. The van der Waals surface area contributed by atoms with Crippen molar-refractivity contribution in [1.29, 1.82) is 0 Å². The molecule has 2 heterocycles. The molecule has 170 valence electrons. The lowest BCUT2D eigenvalue weighted by Crippen LogP contribution is -2.30. The topological polar surface area (TPSA) is 116 Å². The van der Waals surface area contributed by atoms with Crippen LogP contribution in [0.3, 0.4) is 0 Å². The molecule has 0 bridgehead atoms. The highest BCUT2D eigenvalue weighted by Crippen LogP contribution is 2.42. The van der Waals surface area contributed by atoms with E-state index >= 15 is 0 Å². The van der Waals surface area contributed by atoms with Gasteiger partial charge in [0.25, 0.3) is 5.78 Å². The van der Waals surface area contributed by atoms with Crippen molar-refractivity contribution in [3.63, 3.8) is 0 Å². The number of aliphatic hydroxyl groups excluding tert-OH is 1. The third kappa shape index (κ3) is 3.36. The van der Waals surface area contributed by atoms with Gasteiger partial charge in [0.2, 0.25) is 5.95 Å². The van der Waals surface area contributed by atoms with Crippen LogP contribution >= 0.6 is 0 Å². The number of fused-ring (bicyclic) bond motifs is 1. The van der Waals surface area contributed by atoms with Gasteiger partial charge in [-0.25, -0.2) is 4.98 Å². The largest absolute Gasteiger partial charge is 0.508 e. The normalized spacial score (nSPS) is 17.5. The molecule has 0 aliphatic carbocycles. The lowest BCUT2D eigenvalue weighted by molar-refractivity contribution is -0.132. The standard InChI is InChI=1S/C26H21N3O5/c1-14-13-16(9-12-20(14)34-2)23(31)21-22(15-7-10-17(30)11-8-15)29(25(33)24(21)32)26-27-18-5-3-4-6-19(18)28-26/h3-13,22,30-31H,1-2H3,(H,27,28)/b23-21+. The number of phenols is 1. The van der Waals surface area contributed by atoms with Crippen LogP contribution in [0.2, 0.25) is 0 Å². The molecule has 1 aliphatic rings. The highest BCUT2D eigenvalue weighted by Gasteiger charge is 2.48. The van der Waals surface area contributed by atoms with Crippen molar-refractivity contribution >= 4 is 34.4 Å². The van der Waals surface area contributed by atoms with E-state index in [0.29, 0.717) is 27.9 Å². The average molecular weight is 455 g/mol. The SMILES string of the molecule is COc1ccc(/C(O)=C2\C(=O)C(=O)N(c3nc4ccccc4[nH]3)C2c2ccc(O)cc2)cc1C. The first kappa shape index (κ1) is 21.3. The third-order valence-electron chi connectivity index (χ3n) is 5.93. The first-order valence-electron chi connectivity index (χ1n) is 10.6. The lowest BCUT2D eigenvalue weighted by Gasteiger charge is -2.23. The maximum Gasteiger partial charge on any atom is 0.302 e. The number of aryl methyl sites for hydroxylation is 1. The Bertz CT molecular complexity index is 1440. The summed E-state index contributed by atoms with van der Waals surface area (Å²) in [6.07, 6.45) is 0. The van der Waals surface area contributed by atoms with Gasteiger partial charge in [-0.2, -0.15) is 0 Å². The van der Waals surface area contributed by atoms with Crippen LogP contribution in [0.5, 0.6) is 11.5 Å². The van der Waals surface area contributed by atoms with Gasteiger partial charge in [0.05, 0.1) is 29.8 Å². The molecule has 5 rings (SSSR count). The van der Waals surface area contributed by atoms with Crippen LogP contribution < -0.4 is 9.64 Å². The number of aliphatic hydroxyl groups is 1. The predicted octanol–water partition coefficient (Wildman–Crippen LogP) is 4.21. The number of hydrogen-bond donors (Lipinski definition) is 3. The van der Waals surface area contributed by atoms with E-state index < -0.39 is 17.7 Å². The molecule has 4 aromatic rings. The van der Waals surface area contributed by atoms with E-state index in [1.165, 1.54) is 17.0 Å². The monoisotopic (exact) mass is 455 g/mol. The Morgan fingerprint density at radius 1 is 1.06 bits per heavy atom. The van der Waals surface area contributed by atoms with E-state index in [2.05, 4.69) is 9.97 Å². The van der Waals surface area contributed by atoms with Gasteiger partial charge in [0, 0.05) is 5.56 Å². The Balaban J connectivity index is 1.72. The molecule has 3 N–H and O–H groups in total. The molecule has 1 unspecified atom stereocenters. The highest BCUT2D eigenvalue weighted by atomic mass is 16.5. The van der Waals surface area contributed by atoms with Crippen molar-refractivity contribution in [2.45, 2.75) is 13.0 Å². The fourth-order valence-corrected chi connectivity index (χ4v) is 4.26. The number of Topliss-reactive ketones (excluding diaryl/α,β-unsaturated/α-hetero) is 1. The molecule has 1 saturated heterocycles. The molecule has 8 nitrogen and oxygen atoms in total. The van der Waals surface area contributed by atoms with E-state index in [1.807, 2.05) is 25.1 Å². The number of phenolic OH excluding ortho intramolecular Hbond substituents is 1. The quantitative estimate of drug-likeness (QED) is 0.241. The molecule has 0 spiro atoms. The molecule has 1 aromatic heterocycles. The molecule has 8 heteroatoms. The zero-order valence-electron chi connectivity index (χ0n) is 18.4. The van der Waals surface area contributed by atoms with Gasteiger partial charge in [-0.1, -0.05) is 24.3 Å². The Labute approximate surface area is 194 Å². The molecule has 1 aliphatic heterocycles. The molecule has 1 atom stereocenters. The number of hydrogen-bond acceptors (Lipinski definition) is 6. The number of para-hydroxylation sites is 2. The van der Waals surface area contributed by atoms with Gasteiger partial charge >= 0.3 is 5.91 Å². The Morgan fingerprint density at radius 2 is 1.79 bits per heavy atom. The number of nitrogens with one attached hydrogen (secondary N) is 1. The fraction of sp³-hybridized carbons (Fsp3) is 0.115. The number of amides is 1. The van der Waals surface area contributed by atoms with Gasteiger partial charge in [0.15, 0.2) is 0 Å². The first-order chi connectivity index (χ1) is 16.4. The number of anilines is 1. The van der Waals surface area contributed by atoms with Crippen LogP contribution in [0.25, 0.3) is 16.8 Å². The van der Waals surface area contributed by atoms with E-state index in [9.17, 15) is 19.8 Å². The molecular formula is C26H21N3O5. The summed E-state index contributed by atoms with van der Waals surface area (Å²) in [5.74, 6) is -1.09. The van der Waals surface area contributed by atoms with Gasteiger partial charge < -0.3 is 19.9 Å². The summed E-state index contributed by atoms with van der Waals surface area (Å²) >= 11 is 0. The highest BCUT2D eigenvalue weighted by molar-refractivity contribution is 6.51. The van der Waals surface area contributed by atoms with Gasteiger partial charge in [0.1, 0.15) is 17.3 Å². The second kappa shape index (κ2) is 8.08. The van der Waals surface area contributed by atoms with Crippen LogP contribution in [-0.4, -0.2) is 39.0 Å². The number of ketones is 1. The van der Waals surface area contributed by atoms with E-state index in [0.717, 1.165) is 5.56 Å². The minimum atomic E-state index is -0.955. The molecular weight excluding hydrogens is 434 g/mol. The second-order valence-electron chi connectivity index (χ2n) is 8.02. The van der Waals surface area contributed by atoms with Gasteiger partial charge in [-0.05, 0) is 60.5 Å². The maximum absolute atomic E-state index is 13.3. The lowest BCUT2D eigenvalue weighted by atomic mass is 9.95. The maximum atomic E-state index is 13.3. The Hall–Kier alpha value is -4.59. The van der Waals surface area contributed by atoms with Crippen molar-refractivity contribution in [3.8, 4) is 11.5 Å². The molecule has 1 amide bonds. The number of carbonyl (C=O) groups is 2. The van der Waals surface area contributed by atoms with E-state index in [-0.39, 0.29) is 23.0 Å². The Morgan fingerprint density at radius 3 is 2.47 bits per heavy atom. The minimum absolute atomic E-state index is 0.0372. The van der Waals surface area contributed by atoms with E-state index in [4.69, 9.17) is 4.74 Å². The zero-order chi connectivity index (χ0) is 24.0. The first-order valence-corrected chi connectivity index (χ1v) is 10.6. The number of carbonyl (C=O) groups excluding carboxylic acids is 2. The van der Waals surface area contributed by atoms with Crippen LogP contribution in [0.4, 0.5) is 5.95 Å². The number of methoxy groups -OCH3 is 1. The average Bonchev–Trinajstić information content (AvgIpc) is 3.37. The Kier molecular flexibility index (Phi) is 5.05. The molecule has 0 radical (unpaired) electrons. The molecule has 34 heavy (non-hydrogen) atoms. The summed E-state index contributed by atoms with van der Waals surface area (Å²) in [5, 5.41) is 21.0. The number of aromatic hydroxyl groups is 1. The number of nitrogens with zero attached hydrogens (tertiary/aromatic N) is 2. The minimum Gasteiger partial charge on any atom is -0.508 e. The molecule has 1 fully saturated rings. The van der Waals surface area contributed by atoms with Crippen LogP contribution in [-0.2, 0) is 9.59 Å². The summed E-state index contributed by atoms with van der Waals surface area (Å²) in [6, 6.07) is 17.5. The van der Waals surface area contributed by atoms with Crippen LogP contribution in [0, 0.1) is 6.92 Å². The van der Waals surface area contributed by atoms with Gasteiger partial charge in [-0.3, -0.25) is 14.5 Å². The number of rotatable bonds is 4. The number of H-pyrrole nitrogens is 1. The van der Waals surface area contributed by atoms with E-state index in [1.54, 1.807) is 43.5 Å². The predicted molar refractivity (Wildman–Crippen MR) is 127 cm³/mol. The third-order valence-corrected chi connectivity index (χ3v) is 5.93. The smallest absolute Gasteiger partial charge is 0.302 e. The number of ether oxygens (including phenoxy) is 1. The van der Waals surface area contributed by atoms with Crippen molar-refractivity contribution in [3.05, 3.63) is 89.0 Å². The second-order valence-corrected chi connectivity index (χ2v) is 8.02. The number of aromatic amines is 1. The van der Waals surface area contributed by atoms with Crippen LogP contribution in [0.1, 0.15) is 22.7 Å². The van der Waals surface area contributed by atoms with Crippen molar-refractivity contribution in [2.75, 3.05) is 12.0 Å². The summed E-state index contributed by atoms with van der Waals surface area (Å²) in [5.41, 5.74) is 2.94. The summed E-state index contributed by atoms with van der Waals surface area (Å²) in [4.78, 5) is 35.3. The number of aromatic nitrogens is 2. The number of benzene rings is 3. The molecule has 3 aromatic carbocycles. The summed E-state index contributed by atoms with van der Waals surface area (Å²) in [7, 11) is 1.55. The van der Waals surface area contributed by atoms with Crippen molar-refractivity contribution in [2.24, 2.45) is 0 Å². The van der Waals surface area contributed by atoms with Crippen molar-refractivity contribution < 1.29 is 24.5 Å². The summed E-state index contributed by atoms with van der Waals surface area (Å²) in [6.45, 7) is 1.82. The zero-order valence-corrected chi connectivity index (χ0v) is 18.4. The van der Waals surface area contributed by atoms with Crippen molar-refractivity contribution in [1.82, 2.24) is 9.97 Å². The summed E-state index contributed by atoms with van der Waals surface area (Å²) < 4.78 is 5.29. The van der Waals surface area contributed by atoms with Gasteiger partial charge in [-0.15, -0.1) is 0 Å². The molecule has 0 saturated carbocycles.